The van der Waals surface area contributed by atoms with Crippen LogP contribution in [0.2, 0.25) is 0 Å². The summed E-state index contributed by atoms with van der Waals surface area (Å²) in [7, 11) is 1.92. The average Bonchev–Trinajstić information content (AvgIpc) is 2.81. The third kappa shape index (κ3) is 1.66. The van der Waals surface area contributed by atoms with Crippen LogP contribution >= 0.6 is 0 Å². The van der Waals surface area contributed by atoms with E-state index in [1.807, 2.05) is 19.3 Å². The maximum absolute atomic E-state index is 4.65. The van der Waals surface area contributed by atoms with Crippen molar-refractivity contribution in [2.24, 2.45) is 0 Å². The number of pyridine rings is 1. The number of rotatable bonds is 2. The van der Waals surface area contributed by atoms with Gasteiger partial charge in [0.1, 0.15) is 11.3 Å². The molecule has 0 aliphatic carbocycles. The van der Waals surface area contributed by atoms with Gasteiger partial charge in [-0.2, -0.15) is 0 Å². The fourth-order valence-electron chi connectivity index (χ4n) is 2.14. The molecule has 18 heavy (non-hydrogen) atoms. The highest BCUT2D eigenvalue weighted by atomic mass is 15.0. The van der Waals surface area contributed by atoms with Crippen molar-refractivity contribution in [3.63, 3.8) is 0 Å². The molecule has 0 aliphatic heterocycles. The number of H-pyrrole nitrogens is 1. The molecular weight excluding hydrogens is 224 g/mol. The van der Waals surface area contributed by atoms with Crippen LogP contribution in [0.4, 0.5) is 0 Å². The maximum Gasteiger partial charge on any atom is 0.146 e. The molecule has 2 N–H and O–H groups in total. The van der Waals surface area contributed by atoms with Crippen LogP contribution in [0, 0.1) is 6.92 Å². The van der Waals surface area contributed by atoms with Crippen molar-refractivity contribution >= 4 is 21.8 Å². The van der Waals surface area contributed by atoms with Crippen LogP contribution in [-0.4, -0.2) is 22.0 Å². The Morgan fingerprint density at radius 1 is 1.28 bits per heavy atom. The van der Waals surface area contributed by atoms with Gasteiger partial charge in [0.05, 0.1) is 11.6 Å². The minimum atomic E-state index is 0.168. The van der Waals surface area contributed by atoms with Gasteiger partial charge in [-0.15, -0.1) is 0 Å². The third-order valence-electron chi connectivity index (χ3n) is 3.33. The number of aryl methyl sites for hydroxylation is 1. The van der Waals surface area contributed by atoms with E-state index in [1.54, 1.807) is 0 Å². The summed E-state index contributed by atoms with van der Waals surface area (Å²) in [6.45, 7) is 4.11. The molecule has 1 atom stereocenters. The molecule has 0 saturated heterocycles. The predicted molar refractivity (Wildman–Crippen MR) is 73.6 cm³/mol. The summed E-state index contributed by atoms with van der Waals surface area (Å²) in [4.78, 5) is 12.5. The van der Waals surface area contributed by atoms with Gasteiger partial charge in [0.25, 0.3) is 0 Å². The largest absolute Gasteiger partial charge is 0.365 e. The molecule has 0 aliphatic rings. The minimum absolute atomic E-state index is 0.168. The number of benzene rings is 1. The summed E-state index contributed by atoms with van der Waals surface area (Å²) in [6.07, 6.45) is 2.01. The van der Waals surface area contributed by atoms with Gasteiger partial charge in [-0.05, 0) is 38.4 Å². The normalized spacial score (nSPS) is 13.3. The van der Waals surface area contributed by atoms with Crippen LogP contribution in [0.15, 0.2) is 24.4 Å². The quantitative estimate of drug-likeness (QED) is 0.724. The lowest BCUT2D eigenvalue weighted by molar-refractivity contribution is 0.620. The van der Waals surface area contributed by atoms with Gasteiger partial charge in [0.15, 0.2) is 0 Å². The first kappa shape index (κ1) is 11.2. The van der Waals surface area contributed by atoms with E-state index in [-0.39, 0.29) is 6.04 Å². The monoisotopic (exact) mass is 240 g/mol. The van der Waals surface area contributed by atoms with Crippen molar-refractivity contribution in [2.75, 3.05) is 7.05 Å². The van der Waals surface area contributed by atoms with Gasteiger partial charge in [-0.1, -0.05) is 6.07 Å². The maximum atomic E-state index is 4.65. The molecule has 0 fully saturated rings. The Hall–Kier alpha value is -1.94. The number of aromatic nitrogens is 3. The molecular formula is C14H16N4. The molecule has 0 bridgehead atoms. The standard InChI is InChI=1S/C14H16N4/c1-8-6-10-4-5-12-13(11(10)7-16-8)18-14(17-12)9(2)15-3/h4-7,9,15-16H,1-3H3/t9-/m1/s1. The first-order valence-electron chi connectivity index (χ1n) is 6.11. The summed E-state index contributed by atoms with van der Waals surface area (Å²) in [5.74, 6) is 0.848. The van der Waals surface area contributed by atoms with Gasteiger partial charge in [0, 0.05) is 17.3 Å². The van der Waals surface area contributed by atoms with Crippen LogP contribution in [0.5, 0.6) is 0 Å². The van der Waals surface area contributed by atoms with E-state index in [0.717, 1.165) is 27.9 Å². The first-order chi connectivity index (χ1) is 8.69. The Bertz CT molecular complexity index is 714. The predicted octanol–water partition coefficient (Wildman–Crippen LogP) is 2.70. The number of fused-ring (bicyclic) bond motifs is 3. The number of aromatic amines is 1. The molecule has 3 aromatic rings. The van der Waals surface area contributed by atoms with Gasteiger partial charge < -0.3 is 10.3 Å². The molecule has 0 spiro atoms. The van der Waals surface area contributed by atoms with E-state index in [4.69, 9.17) is 0 Å². The number of nitrogens with one attached hydrogen (secondary N) is 2. The molecule has 2 aromatic heterocycles. The van der Waals surface area contributed by atoms with E-state index in [1.165, 1.54) is 5.39 Å². The fourth-order valence-corrected chi connectivity index (χ4v) is 2.14. The molecule has 0 saturated carbocycles. The van der Waals surface area contributed by atoms with E-state index in [2.05, 4.69) is 46.2 Å². The van der Waals surface area contributed by atoms with E-state index in [0.29, 0.717) is 0 Å². The van der Waals surface area contributed by atoms with Gasteiger partial charge in [-0.3, -0.25) is 0 Å². The lowest BCUT2D eigenvalue weighted by Crippen LogP contribution is -2.13. The number of nitrogens with zero attached hydrogens (tertiary/aromatic N) is 2. The summed E-state index contributed by atoms with van der Waals surface area (Å²) in [5, 5.41) is 5.49. The Balaban J connectivity index is 2.30. The Morgan fingerprint density at radius 2 is 2.11 bits per heavy atom. The Kier molecular flexibility index (Phi) is 2.52. The van der Waals surface area contributed by atoms with Gasteiger partial charge >= 0.3 is 0 Å². The van der Waals surface area contributed by atoms with Crippen LogP contribution in [-0.2, 0) is 0 Å². The molecule has 3 rings (SSSR count). The van der Waals surface area contributed by atoms with Crippen molar-refractivity contribution in [3.05, 3.63) is 35.9 Å². The van der Waals surface area contributed by atoms with E-state index >= 15 is 0 Å². The first-order valence-corrected chi connectivity index (χ1v) is 6.11. The molecule has 0 amide bonds. The second kappa shape index (κ2) is 4.07. The van der Waals surface area contributed by atoms with Crippen molar-refractivity contribution in [3.8, 4) is 0 Å². The zero-order chi connectivity index (χ0) is 12.7. The molecule has 0 radical (unpaired) electrons. The summed E-state index contributed by atoms with van der Waals surface area (Å²) < 4.78 is 0. The van der Waals surface area contributed by atoms with Crippen LogP contribution in [0.3, 0.4) is 0 Å². The van der Waals surface area contributed by atoms with E-state index < -0.39 is 0 Å². The van der Waals surface area contributed by atoms with Crippen molar-refractivity contribution in [1.82, 2.24) is 20.3 Å². The smallest absolute Gasteiger partial charge is 0.146 e. The molecule has 1 aromatic carbocycles. The zero-order valence-corrected chi connectivity index (χ0v) is 10.8. The summed E-state index contributed by atoms with van der Waals surface area (Å²) >= 11 is 0. The Labute approximate surface area is 105 Å². The Morgan fingerprint density at radius 3 is 2.89 bits per heavy atom. The lowest BCUT2D eigenvalue weighted by Gasteiger charge is -2.03. The zero-order valence-electron chi connectivity index (χ0n) is 10.8. The van der Waals surface area contributed by atoms with E-state index in [9.17, 15) is 0 Å². The van der Waals surface area contributed by atoms with Gasteiger partial charge in [-0.25, -0.2) is 9.97 Å². The average molecular weight is 240 g/mol. The molecule has 0 unspecified atom stereocenters. The van der Waals surface area contributed by atoms with Crippen molar-refractivity contribution < 1.29 is 0 Å². The number of imidazole rings is 1. The number of hydrogen-bond acceptors (Lipinski definition) is 3. The van der Waals surface area contributed by atoms with Crippen LogP contribution in [0.25, 0.3) is 21.8 Å². The highest BCUT2D eigenvalue weighted by molar-refractivity contribution is 6.03. The van der Waals surface area contributed by atoms with Crippen molar-refractivity contribution in [1.29, 1.82) is 0 Å². The topological polar surface area (TPSA) is 53.6 Å². The molecule has 4 nitrogen and oxygen atoms in total. The van der Waals surface area contributed by atoms with Crippen LogP contribution < -0.4 is 5.32 Å². The molecule has 92 valence electrons. The second-order valence-corrected chi connectivity index (χ2v) is 4.64. The van der Waals surface area contributed by atoms with Crippen molar-refractivity contribution in [2.45, 2.75) is 19.9 Å². The summed E-state index contributed by atoms with van der Waals surface area (Å²) in [5.41, 5.74) is 3.07. The summed E-state index contributed by atoms with van der Waals surface area (Å²) in [6, 6.07) is 6.43. The van der Waals surface area contributed by atoms with Crippen LogP contribution in [0.1, 0.15) is 24.5 Å². The highest BCUT2D eigenvalue weighted by Crippen LogP contribution is 2.24. The van der Waals surface area contributed by atoms with Gasteiger partial charge in [0.2, 0.25) is 0 Å². The second-order valence-electron chi connectivity index (χ2n) is 4.64. The number of hydrogen-bond donors (Lipinski definition) is 2. The highest BCUT2D eigenvalue weighted by Gasteiger charge is 2.12. The lowest BCUT2D eigenvalue weighted by atomic mass is 10.1. The SMILES string of the molecule is CN[C@H](C)c1nc2ccc3cc(C)[nH]cc3c2n1. The molecule has 2 heterocycles. The molecule has 4 heteroatoms. The minimum Gasteiger partial charge on any atom is -0.365 e. The fraction of sp³-hybridized carbons (Fsp3) is 0.286. The third-order valence-corrected chi connectivity index (χ3v) is 3.33.